The standard InChI is InChI=1S/C17H13FN2O2/c1-11-14(17(21)22)10-16(15-7-2-3-8-19-15)20(11)13-6-4-5-12(18)9-13/h2-10H,1H3,(H,21,22). The Morgan fingerprint density at radius 1 is 1.18 bits per heavy atom. The zero-order valence-electron chi connectivity index (χ0n) is 11.8. The molecule has 0 fully saturated rings. The van der Waals surface area contributed by atoms with Crippen molar-refractivity contribution < 1.29 is 14.3 Å². The monoisotopic (exact) mass is 296 g/mol. The highest BCUT2D eigenvalue weighted by molar-refractivity contribution is 5.91. The summed E-state index contributed by atoms with van der Waals surface area (Å²) in [6, 6.07) is 13.0. The molecule has 0 aliphatic rings. The van der Waals surface area contributed by atoms with Crippen LogP contribution in [0.25, 0.3) is 17.1 Å². The minimum absolute atomic E-state index is 0.171. The van der Waals surface area contributed by atoms with Gasteiger partial charge in [-0.2, -0.15) is 0 Å². The van der Waals surface area contributed by atoms with Crippen molar-refractivity contribution in [2.24, 2.45) is 0 Å². The Hall–Kier alpha value is -2.95. The molecule has 2 aromatic heterocycles. The van der Waals surface area contributed by atoms with Crippen LogP contribution < -0.4 is 0 Å². The fourth-order valence-electron chi connectivity index (χ4n) is 2.47. The Bertz CT molecular complexity index is 841. The molecule has 110 valence electrons. The minimum Gasteiger partial charge on any atom is -0.478 e. The van der Waals surface area contributed by atoms with E-state index in [9.17, 15) is 14.3 Å². The van der Waals surface area contributed by atoms with E-state index < -0.39 is 5.97 Å². The van der Waals surface area contributed by atoms with Crippen LogP contribution in [-0.2, 0) is 0 Å². The van der Waals surface area contributed by atoms with Crippen LogP contribution in [0, 0.1) is 12.7 Å². The van der Waals surface area contributed by atoms with E-state index in [0.717, 1.165) is 0 Å². The molecule has 0 saturated carbocycles. The van der Waals surface area contributed by atoms with Gasteiger partial charge in [0.05, 0.1) is 17.0 Å². The third-order valence-corrected chi connectivity index (χ3v) is 3.47. The maximum Gasteiger partial charge on any atom is 0.337 e. The minimum atomic E-state index is -1.02. The maximum atomic E-state index is 13.5. The lowest BCUT2D eigenvalue weighted by Crippen LogP contribution is -2.03. The van der Waals surface area contributed by atoms with E-state index in [1.165, 1.54) is 12.1 Å². The van der Waals surface area contributed by atoms with Crippen LogP contribution in [-0.4, -0.2) is 20.6 Å². The van der Waals surface area contributed by atoms with Crippen LogP contribution in [0.15, 0.2) is 54.7 Å². The zero-order chi connectivity index (χ0) is 15.7. The van der Waals surface area contributed by atoms with Gasteiger partial charge in [-0.25, -0.2) is 9.18 Å². The normalized spacial score (nSPS) is 10.6. The molecule has 5 heteroatoms. The molecule has 0 aliphatic carbocycles. The second-order valence-electron chi connectivity index (χ2n) is 4.86. The van der Waals surface area contributed by atoms with Crippen molar-refractivity contribution in [3.05, 3.63) is 71.8 Å². The molecular weight excluding hydrogens is 283 g/mol. The van der Waals surface area contributed by atoms with E-state index >= 15 is 0 Å². The SMILES string of the molecule is Cc1c(C(=O)O)cc(-c2ccccn2)n1-c1cccc(F)c1. The fraction of sp³-hybridized carbons (Fsp3) is 0.0588. The van der Waals surface area contributed by atoms with Crippen LogP contribution in [0.1, 0.15) is 16.1 Å². The zero-order valence-corrected chi connectivity index (χ0v) is 11.8. The predicted molar refractivity (Wildman–Crippen MR) is 80.7 cm³/mol. The van der Waals surface area contributed by atoms with Crippen LogP contribution in [0.4, 0.5) is 4.39 Å². The van der Waals surface area contributed by atoms with Crippen molar-refractivity contribution in [3.8, 4) is 17.1 Å². The van der Waals surface area contributed by atoms with Gasteiger partial charge in [0, 0.05) is 17.6 Å². The number of hydrogen-bond donors (Lipinski definition) is 1. The summed E-state index contributed by atoms with van der Waals surface area (Å²) in [6.07, 6.45) is 1.63. The summed E-state index contributed by atoms with van der Waals surface area (Å²) in [6.45, 7) is 1.70. The molecule has 3 aromatic rings. The average Bonchev–Trinajstić information content (AvgIpc) is 2.86. The number of aromatic carboxylic acids is 1. The van der Waals surface area contributed by atoms with Gasteiger partial charge < -0.3 is 9.67 Å². The number of halogens is 1. The molecule has 0 spiro atoms. The Balaban J connectivity index is 2.30. The number of carboxylic acids is 1. The summed E-state index contributed by atoms with van der Waals surface area (Å²) in [5, 5.41) is 9.34. The lowest BCUT2D eigenvalue weighted by molar-refractivity contribution is 0.0696. The number of pyridine rings is 1. The van der Waals surface area contributed by atoms with Crippen molar-refractivity contribution in [1.29, 1.82) is 0 Å². The van der Waals surface area contributed by atoms with Gasteiger partial charge in [0.1, 0.15) is 5.82 Å². The largest absolute Gasteiger partial charge is 0.478 e. The molecule has 0 saturated heterocycles. The summed E-state index contributed by atoms with van der Waals surface area (Å²) < 4.78 is 15.2. The third kappa shape index (κ3) is 2.37. The van der Waals surface area contributed by atoms with Gasteiger partial charge in [-0.05, 0) is 43.3 Å². The van der Waals surface area contributed by atoms with Gasteiger partial charge in [0.25, 0.3) is 0 Å². The van der Waals surface area contributed by atoms with Crippen molar-refractivity contribution in [1.82, 2.24) is 9.55 Å². The first-order valence-electron chi connectivity index (χ1n) is 6.71. The summed E-state index contributed by atoms with van der Waals surface area (Å²) in [5.41, 5.74) is 2.50. The molecule has 3 rings (SSSR count). The summed E-state index contributed by atoms with van der Waals surface area (Å²) in [5.74, 6) is -1.40. The highest BCUT2D eigenvalue weighted by Gasteiger charge is 2.19. The predicted octanol–water partition coefficient (Wildman–Crippen LogP) is 3.69. The topological polar surface area (TPSA) is 55.1 Å². The molecule has 0 aliphatic heterocycles. The smallest absolute Gasteiger partial charge is 0.337 e. The Morgan fingerprint density at radius 2 is 2.00 bits per heavy atom. The van der Waals surface area contributed by atoms with Gasteiger partial charge in [-0.15, -0.1) is 0 Å². The highest BCUT2D eigenvalue weighted by Crippen LogP contribution is 2.28. The molecule has 2 heterocycles. The number of nitrogens with zero attached hydrogens (tertiary/aromatic N) is 2. The average molecular weight is 296 g/mol. The van der Waals surface area contributed by atoms with Crippen molar-refractivity contribution in [2.75, 3.05) is 0 Å². The van der Waals surface area contributed by atoms with Crippen molar-refractivity contribution >= 4 is 5.97 Å². The maximum absolute atomic E-state index is 13.5. The van der Waals surface area contributed by atoms with Crippen molar-refractivity contribution in [2.45, 2.75) is 6.92 Å². The van der Waals surface area contributed by atoms with Gasteiger partial charge >= 0.3 is 5.97 Å². The second kappa shape index (κ2) is 5.44. The van der Waals surface area contributed by atoms with E-state index in [4.69, 9.17) is 0 Å². The van der Waals surface area contributed by atoms with Crippen LogP contribution in [0.3, 0.4) is 0 Å². The molecular formula is C17H13FN2O2. The van der Waals surface area contributed by atoms with Crippen molar-refractivity contribution in [3.63, 3.8) is 0 Å². The number of rotatable bonds is 3. The van der Waals surface area contributed by atoms with Gasteiger partial charge in [-0.1, -0.05) is 12.1 Å². The number of hydrogen-bond acceptors (Lipinski definition) is 2. The summed E-state index contributed by atoms with van der Waals surface area (Å²) in [4.78, 5) is 15.7. The second-order valence-corrected chi connectivity index (χ2v) is 4.86. The van der Waals surface area contributed by atoms with E-state index in [-0.39, 0.29) is 11.4 Å². The summed E-state index contributed by atoms with van der Waals surface area (Å²) in [7, 11) is 0. The molecule has 0 bridgehead atoms. The number of benzene rings is 1. The number of aromatic nitrogens is 2. The highest BCUT2D eigenvalue weighted by atomic mass is 19.1. The first-order valence-corrected chi connectivity index (χ1v) is 6.71. The van der Waals surface area contributed by atoms with Crippen LogP contribution >= 0.6 is 0 Å². The van der Waals surface area contributed by atoms with Gasteiger partial charge in [0.15, 0.2) is 0 Å². The quantitative estimate of drug-likeness (QED) is 0.802. The summed E-state index contributed by atoms with van der Waals surface area (Å²) >= 11 is 0. The van der Waals surface area contributed by atoms with E-state index in [0.29, 0.717) is 22.8 Å². The molecule has 22 heavy (non-hydrogen) atoms. The van der Waals surface area contributed by atoms with E-state index in [2.05, 4.69) is 4.98 Å². The Morgan fingerprint density at radius 3 is 2.64 bits per heavy atom. The lowest BCUT2D eigenvalue weighted by atomic mass is 10.2. The molecule has 0 atom stereocenters. The molecule has 1 N–H and O–H groups in total. The third-order valence-electron chi connectivity index (χ3n) is 3.47. The first-order chi connectivity index (χ1) is 10.6. The van der Waals surface area contributed by atoms with E-state index in [1.54, 1.807) is 48.0 Å². The molecule has 1 aromatic carbocycles. The number of carbonyl (C=O) groups is 1. The fourth-order valence-corrected chi connectivity index (χ4v) is 2.47. The van der Waals surface area contributed by atoms with Gasteiger partial charge in [-0.3, -0.25) is 4.98 Å². The molecule has 0 unspecified atom stereocenters. The Kier molecular flexibility index (Phi) is 3.47. The molecule has 4 nitrogen and oxygen atoms in total. The molecule has 0 radical (unpaired) electrons. The van der Waals surface area contributed by atoms with Crippen LogP contribution in [0.2, 0.25) is 0 Å². The first kappa shape index (κ1) is 14.0. The number of carboxylic acid groups (broad SMARTS) is 1. The van der Waals surface area contributed by atoms with Gasteiger partial charge in [0.2, 0.25) is 0 Å². The van der Waals surface area contributed by atoms with Crippen LogP contribution in [0.5, 0.6) is 0 Å². The lowest BCUT2D eigenvalue weighted by Gasteiger charge is -2.11. The Labute approximate surface area is 126 Å². The molecule has 0 amide bonds. The van der Waals surface area contributed by atoms with E-state index in [1.807, 2.05) is 6.07 Å².